The molecular formula is C29H36N4O3S2. The summed E-state index contributed by atoms with van der Waals surface area (Å²) in [7, 11) is -1.55. The van der Waals surface area contributed by atoms with Gasteiger partial charge in [0.15, 0.2) is 0 Å². The summed E-state index contributed by atoms with van der Waals surface area (Å²) in [6.45, 7) is 0. The van der Waals surface area contributed by atoms with Crippen molar-refractivity contribution in [1.29, 1.82) is 0 Å². The zero-order chi connectivity index (χ0) is 26.9. The average molecular weight is 553 g/mol. The minimum atomic E-state index is -3.20. The van der Waals surface area contributed by atoms with Crippen LogP contribution in [0.2, 0.25) is 0 Å². The number of hydrogen-bond donors (Lipinski definition) is 2. The Hall–Kier alpha value is -2.59. The van der Waals surface area contributed by atoms with E-state index < -0.39 is 10.0 Å². The van der Waals surface area contributed by atoms with Gasteiger partial charge in [-0.1, -0.05) is 24.3 Å². The van der Waals surface area contributed by atoms with Crippen LogP contribution in [0.1, 0.15) is 56.9 Å². The van der Waals surface area contributed by atoms with Gasteiger partial charge in [-0.3, -0.25) is 4.79 Å². The molecule has 0 unspecified atom stereocenters. The van der Waals surface area contributed by atoms with Crippen molar-refractivity contribution in [3.63, 3.8) is 0 Å². The summed E-state index contributed by atoms with van der Waals surface area (Å²) in [6.07, 6.45) is 9.97. The highest BCUT2D eigenvalue weighted by atomic mass is 32.2. The van der Waals surface area contributed by atoms with E-state index in [2.05, 4.69) is 46.0 Å². The SMILES string of the molecule is CN([C@H]1CC[C@H](CC(=O)Nc2cc(-c3ccsc3)c(-c3ccc(C4(N)CCC4)cc3)cn2)CC1)S(C)(=O)=O. The summed E-state index contributed by atoms with van der Waals surface area (Å²) in [5.74, 6) is 0.729. The first-order valence-corrected chi connectivity index (χ1v) is 16.1. The maximum atomic E-state index is 12.9. The van der Waals surface area contributed by atoms with E-state index in [-0.39, 0.29) is 23.4 Å². The second-order valence-corrected chi connectivity index (χ2v) is 13.7. The Bertz CT molecular complexity index is 1380. The van der Waals surface area contributed by atoms with Crippen molar-refractivity contribution in [3.8, 4) is 22.3 Å². The second-order valence-electron chi connectivity index (χ2n) is 10.9. The van der Waals surface area contributed by atoms with E-state index in [0.717, 1.165) is 60.8 Å². The van der Waals surface area contributed by atoms with Gasteiger partial charge in [-0.15, -0.1) is 0 Å². The Morgan fingerprint density at radius 3 is 2.39 bits per heavy atom. The fourth-order valence-electron chi connectivity index (χ4n) is 5.68. The number of nitrogens with one attached hydrogen (secondary N) is 1. The number of thiophene rings is 1. The van der Waals surface area contributed by atoms with Crippen LogP contribution in [-0.2, 0) is 20.4 Å². The van der Waals surface area contributed by atoms with Gasteiger partial charge in [0.05, 0.1) is 6.26 Å². The lowest BCUT2D eigenvalue weighted by Gasteiger charge is -2.38. The number of hydrogen-bond acceptors (Lipinski definition) is 6. The van der Waals surface area contributed by atoms with Crippen LogP contribution in [0.4, 0.5) is 5.82 Å². The lowest BCUT2D eigenvalue weighted by atomic mass is 9.72. The molecule has 1 amide bonds. The van der Waals surface area contributed by atoms with Gasteiger partial charge in [0.1, 0.15) is 5.82 Å². The van der Waals surface area contributed by atoms with Gasteiger partial charge in [-0.2, -0.15) is 11.3 Å². The minimum Gasteiger partial charge on any atom is -0.321 e. The zero-order valence-electron chi connectivity index (χ0n) is 22.0. The number of carbonyl (C=O) groups is 1. The molecule has 3 N–H and O–H groups in total. The van der Waals surface area contributed by atoms with E-state index in [4.69, 9.17) is 5.73 Å². The predicted octanol–water partition coefficient (Wildman–Crippen LogP) is 5.59. The average Bonchev–Trinajstić information content (AvgIpc) is 3.42. The van der Waals surface area contributed by atoms with E-state index in [1.165, 1.54) is 22.5 Å². The third kappa shape index (κ3) is 5.86. The molecule has 2 fully saturated rings. The molecule has 38 heavy (non-hydrogen) atoms. The number of benzene rings is 1. The molecule has 2 aliphatic carbocycles. The van der Waals surface area contributed by atoms with Crippen molar-refractivity contribution in [2.45, 2.75) is 62.9 Å². The standard InChI is InChI=1S/C29H36N4O3S2/c1-33(38(2,35)36)24-10-4-20(5-11-24)16-28(34)32-27-17-25(22-12-15-37-19-22)26(18-31-27)21-6-8-23(9-7-21)29(30)13-3-14-29/h6-9,12,15,17-20,24H,3-5,10-11,13-14,16,30H2,1-2H3,(H,31,32,34)/t20-,24-. The first-order chi connectivity index (χ1) is 18.1. The van der Waals surface area contributed by atoms with Crippen molar-refractivity contribution < 1.29 is 13.2 Å². The van der Waals surface area contributed by atoms with Gasteiger partial charge in [-0.25, -0.2) is 17.7 Å². The first kappa shape index (κ1) is 27.0. The summed E-state index contributed by atoms with van der Waals surface area (Å²) < 4.78 is 25.1. The van der Waals surface area contributed by atoms with Crippen LogP contribution in [-0.4, -0.2) is 43.0 Å². The Balaban J connectivity index is 1.27. The van der Waals surface area contributed by atoms with Gasteiger partial charge >= 0.3 is 0 Å². The van der Waals surface area contributed by atoms with Crippen molar-refractivity contribution in [1.82, 2.24) is 9.29 Å². The Morgan fingerprint density at radius 2 is 1.82 bits per heavy atom. The van der Waals surface area contributed by atoms with Crippen LogP contribution in [0.25, 0.3) is 22.3 Å². The lowest BCUT2D eigenvalue weighted by molar-refractivity contribution is -0.117. The molecule has 0 bridgehead atoms. The first-order valence-electron chi connectivity index (χ1n) is 13.3. The van der Waals surface area contributed by atoms with E-state index in [0.29, 0.717) is 12.2 Å². The summed E-state index contributed by atoms with van der Waals surface area (Å²) in [4.78, 5) is 17.5. The van der Waals surface area contributed by atoms with E-state index >= 15 is 0 Å². The van der Waals surface area contributed by atoms with E-state index in [9.17, 15) is 13.2 Å². The Morgan fingerprint density at radius 1 is 1.11 bits per heavy atom. The summed E-state index contributed by atoms with van der Waals surface area (Å²) >= 11 is 1.64. The number of pyridine rings is 1. The largest absolute Gasteiger partial charge is 0.321 e. The predicted molar refractivity (Wildman–Crippen MR) is 154 cm³/mol. The normalized spacial score (nSPS) is 21.2. The number of aromatic nitrogens is 1. The molecule has 2 heterocycles. The molecule has 0 aliphatic heterocycles. The quantitative estimate of drug-likeness (QED) is 0.379. The number of amides is 1. The van der Waals surface area contributed by atoms with Gasteiger partial charge < -0.3 is 11.1 Å². The molecule has 2 aromatic heterocycles. The molecule has 3 aromatic rings. The van der Waals surface area contributed by atoms with Crippen LogP contribution in [0, 0.1) is 5.92 Å². The van der Waals surface area contributed by atoms with Crippen LogP contribution < -0.4 is 11.1 Å². The van der Waals surface area contributed by atoms with Crippen molar-refractivity contribution in [2.75, 3.05) is 18.6 Å². The smallest absolute Gasteiger partial charge is 0.225 e. The molecule has 202 valence electrons. The molecule has 0 radical (unpaired) electrons. The fraction of sp³-hybridized carbons (Fsp3) is 0.448. The van der Waals surface area contributed by atoms with Crippen LogP contribution in [0.15, 0.2) is 53.4 Å². The maximum absolute atomic E-state index is 12.9. The zero-order valence-corrected chi connectivity index (χ0v) is 23.7. The highest BCUT2D eigenvalue weighted by Gasteiger charge is 2.34. The van der Waals surface area contributed by atoms with Crippen molar-refractivity contribution in [3.05, 3.63) is 58.9 Å². The monoisotopic (exact) mass is 552 g/mol. The number of carbonyl (C=O) groups excluding carboxylic acids is 1. The fourth-order valence-corrected chi connectivity index (χ4v) is 7.09. The molecule has 0 saturated heterocycles. The molecule has 0 spiro atoms. The maximum Gasteiger partial charge on any atom is 0.225 e. The van der Waals surface area contributed by atoms with E-state index in [1.54, 1.807) is 18.4 Å². The number of nitrogens with zero attached hydrogens (tertiary/aromatic N) is 2. The highest BCUT2D eigenvalue weighted by molar-refractivity contribution is 7.88. The van der Waals surface area contributed by atoms with Crippen LogP contribution >= 0.6 is 11.3 Å². The molecule has 2 aliphatic rings. The molecule has 9 heteroatoms. The van der Waals surface area contributed by atoms with Gasteiger partial charge in [0.25, 0.3) is 0 Å². The van der Waals surface area contributed by atoms with Crippen molar-refractivity contribution in [2.24, 2.45) is 11.7 Å². The number of sulfonamides is 1. The van der Waals surface area contributed by atoms with Crippen LogP contribution in [0.3, 0.4) is 0 Å². The Kier molecular flexibility index (Phi) is 7.73. The topological polar surface area (TPSA) is 105 Å². The number of anilines is 1. The van der Waals surface area contributed by atoms with Gasteiger partial charge in [-0.05, 0) is 96.0 Å². The second kappa shape index (κ2) is 10.9. The van der Waals surface area contributed by atoms with Crippen LogP contribution in [0.5, 0.6) is 0 Å². The summed E-state index contributed by atoms with van der Waals surface area (Å²) in [5, 5.41) is 7.16. The summed E-state index contributed by atoms with van der Waals surface area (Å²) in [6, 6.07) is 12.5. The third-order valence-corrected chi connectivity index (χ3v) is 10.4. The highest BCUT2D eigenvalue weighted by Crippen LogP contribution is 2.40. The van der Waals surface area contributed by atoms with Crippen molar-refractivity contribution >= 4 is 33.1 Å². The summed E-state index contributed by atoms with van der Waals surface area (Å²) in [5.41, 5.74) is 11.7. The molecule has 7 nitrogen and oxygen atoms in total. The van der Waals surface area contributed by atoms with Gasteiger partial charge in [0.2, 0.25) is 15.9 Å². The molecule has 5 rings (SSSR count). The number of nitrogens with two attached hydrogens (primary N) is 1. The Labute approximate surface area is 229 Å². The number of rotatable bonds is 8. The van der Waals surface area contributed by atoms with E-state index in [1.807, 2.05) is 17.6 Å². The molecular weight excluding hydrogens is 516 g/mol. The minimum absolute atomic E-state index is 0.0184. The third-order valence-electron chi connectivity index (χ3n) is 8.35. The molecule has 1 aromatic carbocycles. The molecule has 0 atom stereocenters. The van der Waals surface area contributed by atoms with Gasteiger partial charge in [0, 0.05) is 36.8 Å². The lowest BCUT2D eigenvalue weighted by Crippen LogP contribution is -2.43. The molecule has 2 saturated carbocycles.